The number of hydrogen-bond donors (Lipinski definition) is 1. The zero-order valence-corrected chi connectivity index (χ0v) is 9.10. The van der Waals surface area contributed by atoms with E-state index in [1.165, 1.54) is 12.2 Å². The fourth-order valence-electron chi connectivity index (χ4n) is 1.19. The number of aryl methyl sites for hydroxylation is 1. The van der Waals surface area contributed by atoms with Gasteiger partial charge >= 0.3 is 0 Å². The Balaban J connectivity index is 2.31. The van der Waals surface area contributed by atoms with Crippen molar-refractivity contribution in [2.75, 3.05) is 19.1 Å². The summed E-state index contributed by atoms with van der Waals surface area (Å²) in [7, 11) is 1.94. The highest BCUT2D eigenvalue weighted by molar-refractivity contribution is 7.98. The van der Waals surface area contributed by atoms with E-state index in [0.29, 0.717) is 0 Å². The molecule has 0 atom stereocenters. The molecular formula is C9H17N3S. The van der Waals surface area contributed by atoms with Crippen LogP contribution in [-0.4, -0.2) is 28.6 Å². The summed E-state index contributed by atoms with van der Waals surface area (Å²) < 4.78 is 2.16. The Morgan fingerprint density at radius 1 is 1.62 bits per heavy atom. The molecule has 0 aliphatic heterocycles. The summed E-state index contributed by atoms with van der Waals surface area (Å²) >= 11 is 1.89. The van der Waals surface area contributed by atoms with Crippen LogP contribution < -0.4 is 5.32 Å². The highest BCUT2D eigenvalue weighted by Crippen LogP contribution is 2.00. The lowest BCUT2D eigenvalue weighted by molar-refractivity contribution is 0.682. The lowest BCUT2D eigenvalue weighted by Crippen LogP contribution is -2.05. The highest BCUT2D eigenvalue weighted by atomic mass is 32.2. The van der Waals surface area contributed by atoms with E-state index in [0.717, 1.165) is 18.8 Å². The number of nitrogens with zero attached hydrogens (tertiary/aromatic N) is 2. The maximum absolute atomic E-state index is 4.28. The number of hydrogen-bond acceptors (Lipinski definition) is 3. The van der Waals surface area contributed by atoms with Gasteiger partial charge in [-0.2, -0.15) is 11.8 Å². The second kappa shape index (κ2) is 6.05. The van der Waals surface area contributed by atoms with Gasteiger partial charge in [-0.15, -0.1) is 0 Å². The topological polar surface area (TPSA) is 29.9 Å². The van der Waals surface area contributed by atoms with Crippen LogP contribution in [0.5, 0.6) is 0 Å². The molecule has 0 spiro atoms. The molecule has 0 bridgehead atoms. The summed E-state index contributed by atoms with van der Waals surface area (Å²) in [6.07, 6.45) is 7.38. The molecule has 1 aromatic heterocycles. The van der Waals surface area contributed by atoms with Gasteiger partial charge in [0.15, 0.2) is 0 Å². The molecule has 1 heterocycles. The molecule has 1 rings (SSSR count). The zero-order valence-electron chi connectivity index (χ0n) is 8.29. The van der Waals surface area contributed by atoms with Crippen LogP contribution in [0.3, 0.4) is 0 Å². The molecular weight excluding hydrogens is 182 g/mol. The molecule has 0 saturated heterocycles. The van der Waals surface area contributed by atoms with Gasteiger partial charge in [0, 0.05) is 19.3 Å². The summed E-state index contributed by atoms with van der Waals surface area (Å²) in [5, 5.41) is 3.08. The minimum Gasteiger partial charge on any atom is -0.337 e. The predicted molar refractivity (Wildman–Crippen MR) is 58.0 cm³/mol. The van der Waals surface area contributed by atoms with Crippen LogP contribution in [-0.2, 0) is 13.1 Å². The average Bonchev–Trinajstić information content (AvgIpc) is 2.54. The van der Waals surface area contributed by atoms with Crippen LogP contribution in [0.1, 0.15) is 12.1 Å². The fraction of sp³-hybridized carbons (Fsp3) is 0.667. The van der Waals surface area contributed by atoms with Gasteiger partial charge in [0.05, 0.1) is 12.0 Å². The predicted octanol–water partition coefficient (Wildman–Crippen LogP) is 1.36. The van der Waals surface area contributed by atoms with E-state index >= 15 is 0 Å². The lowest BCUT2D eigenvalue weighted by Gasteiger charge is -1.99. The monoisotopic (exact) mass is 199 g/mol. The Morgan fingerprint density at radius 2 is 2.46 bits per heavy atom. The molecule has 0 aliphatic carbocycles. The van der Waals surface area contributed by atoms with Gasteiger partial charge in [0.1, 0.15) is 0 Å². The molecule has 0 fully saturated rings. The first-order chi connectivity index (χ1) is 6.36. The van der Waals surface area contributed by atoms with E-state index < -0.39 is 0 Å². The van der Waals surface area contributed by atoms with Gasteiger partial charge < -0.3 is 9.88 Å². The SMILES string of the molecule is CNCc1cn(CCCSC)cn1. The molecule has 13 heavy (non-hydrogen) atoms. The van der Waals surface area contributed by atoms with E-state index in [-0.39, 0.29) is 0 Å². The Hall–Kier alpha value is -0.480. The van der Waals surface area contributed by atoms with Crippen molar-refractivity contribution >= 4 is 11.8 Å². The van der Waals surface area contributed by atoms with Gasteiger partial charge in [-0.05, 0) is 25.5 Å². The lowest BCUT2D eigenvalue weighted by atomic mass is 10.4. The molecule has 1 N–H and O–H groups in total. The Bertz CT molecular complexity index is 235. The normalized spacial score (nSPS) is 10.6. The first kappa shape index (κ1) is 10.6. The Kier molecular flexibility index (Phi) is 4.93. The molecule has 74 valence electrons. The quantitative estimate of drug-likeness (QED) is 0.702. The van der Waals surface area contributed by atoms with E-state index in [1.807, 2.05) is 25.1 Å². The molecule has 0 unspecified atom stereocenters. The van der Waals surface area contributed by atoms with Crippen LogP contribution in [0.4, 0.5) is 0 Å². The van der Waals surface area contributed by atoms with Crippen LogP contribution in [0.25, 0.3) is 0 Å². The third kappa shape index (κ3) is 3.83. The molecule has 3 nitrogen and oxygen atoms in total. The standard InChI is InChI=1S/C9H17N3S/c1-10-6-9-7-12(8-11-9)4-3-5-13-2/h7-8,10H,3-6H2,1-2H3. The Labute approximate surface area is 83.9 Å². The zero-order chi connectivity index (χ0) is 9.52. The third-order valence-corrected chi connectivity index (χ3v) is 2.51. The van der Waals surface area contributed by atoms with Crippen molar-refractivity contribution in [1.29, 1.82) is 0 Å². The third-order valence-electron chi connectivity index (χ3n) is 1.81. The van der Waals surface area contributed by atoms with Crippen LogP contribution in [0.15, 0.2) is 12.5 Å². The largest absolute Gasteiger partial charge is 0.337 e. The first-order valence-electron chi connectivity index (χ1n) is 4.51. The van der Waals surface area contributed by atoms with E-state index in [2.05, 4.69) is 27.3 Å². The minimum atomic E-state index is 0.857. The second-order valence-corrected chi connectivity index (χ2v) is 3.97. The van der Waals surface area contributed by atoms with Crippen LogP contribution >= 0.6 is 11.8 Å². The molecule has 0 saturated carbocycles. The second-order valence-electron chi connectivity index (χ2n) is 2.98. The van der Waals surface area contributed by atoms with Gasteiger partial charge in [0.25, 0.3) is 0 Å². The summed E-state index contributed by atoms with van der Waals surface area (Å²) in [6.45, 7) is 1.94. The maximum Gasteiger partial charge on any atom is 0.0949 e. The summed E-state index contributed by atoms with van der Waals surface area (Å²) in [5.74, 6) is 1.22. The molecule has 0 radical (unpaired) electrons. The van der Waals surface area contributed by atoms with E-state index in [4.69, 9.17) is 0 Å². The van der Waals surface area contributed by atoms with Crippen molar-refractivity contribution in [2.45, 2.75) is 19.5 Å². The van der Waals surface area contributed by atoms with Gasteiger partial charge in [-0.25, -0.2) is 4.98 Å². The number of rotatable bonds is 6. The molecule has 0 aliphatic rings. The van der Waals surface area contributed by atoms with Crippen molar-refractivity contribution in [1.82, 2.24) is 14.9 Å². The molecule has 4 heteroatoms. The average molecular weight is 199 g/mol. The number of thioether (sulfide) groups is 1. The van der Waals surface area contributed by atoms with Crippen molar-refractivity contribution in [2.24, 2.45) is 0 Å². The van der Waals surface area contributed by atoms with Crippen molar-refractivity contribution < 1.29 is 0 Å². The highest BCUT2D eigenvalue weighted by Gasteiger charge is 1.96. The fourth-order valence-corrected chi connectivity index (χ4v) is 1.61. The van der Waals surface area contributed by atoms with Gasteiger partial charge in [-0.1, -0.05) is 0 Å². The number of nitrogens with one attached hydrogen (secondary N) is 1. The number of imidazole rings is 1. The summed E-state index contributed by atoms with van der Waals surface area (Å²) in [4.78, 5) is 4.28. The van der Waals surface area contributed by atoms with Crippen molar-refractivity contribution in [3.05, 3.63) is 18.2 Å². The van der Waals surface area contributed by atoms with Crippen LogP contribution in [0.2, 0.25) is 0 Å². The first-order valence-corrected chi connectivity index (χ1v) is 5.90. The Morgan fingerprint density at radius 3 is 3.15 bits per heavy atom. The smallest absolute Gasteiger partial charge is 0.0949 e. The molecule has 0 aromatic carbocycles. The summed E-state index contributed by atoms with van der Waals surface area (Å²) in [5.41, 5.74) is 1.12. The van der Waals surface area contributed by atoms with E-state index in [9.17, 15) is 0 Å². The van der Waals surface area contributed by atoms with Crippen molar-refractivity contribution in [3.8, 4) is 0 Å². The van der Waals surface area contributed by atoms with Crippen LogP contribution in [0, 0.1) is 0 Å². The molecule has 0 amide bonds. The number of aromatic nitrogens is 2. The van der Waals surface area contributed by atoms with Gasteiger partial charge in [0.2, 0.25) is 0 Å². The maximum atomic E-state index is 4.28. The minimum absolute atomic E-state index is 0.857. The van der Waals surface area contributed by atoms with Gasteiger partial charge in [-0.3, -0.25) is 0 Å². The summed E-state index contributed by atoms with van der Waals surface area (Å²) in [6, 6.07) is 0. The van der Waals surface area contributed by atoms with Crippen molar-refractivity contribution in [3.63, 3.8) is 0 Å². The van der Waals surface area contributed by atoms with E-state index in [1.54, 1.807) is 0 Å². The molecule has 1 aromatic rings.